The van der Waals surface area contributed by atoms with E-state index in [1.165, 1.54) is 4.90 Å². The highest BCUT2D eigenvalue weighted by Gasteiger charge is 2.25. The number of nitrogens with zero attached hydrogens (tertiary/aromatic N) is 5. The highest BCUT2D eigenvalue weighted by atomic mass is 127. The molecular formula is C15H23IN6O2S. The number of likely N-dealkylation sites (tertiary alicyclic amines) is 1. The highest BCUT2D eigenvalue weighted by Crippen LogP contribution is 2.18. The Hall–Kier alpha value is -1.43. The number of thiazole rings is 1. The van der Waals surface area contributed by atoms with Gasteiger partial charge in [0, 0.05) is 57.1 Å². The molecule has 8 nitrogen and oxygen atoms in total. The lowest BCUT2D eigenvalue weighted by molar-refractivity contribution is -0.147. The Morgan fingerprint density at radius 1 is 1.20 bits per heavy atom. The second-order valence-corrected chi connectivity index (χ2v) is 6.69. The Kier molecular flexibility index (Phi) is 7.41. The van der Waals surface area contributed by atoms with E-state index in [0.717, 1.165) is 31.3 Å². The fraction of sp³-hybridized carbons (Fsp3) is 0.600. The molecule has 0 atom stereocenters. The second kappa shape index (κ2) is 9.32. The van der Waals surface area contributed by atoms with Crippen LogP contribution < -0.4 is 10.6 Å². The number of aromatic nitrogens is 1. The van der Waals surface area contributed by atoms with Crippen molar-refractivity contribution in [2.24, 2.45) is 10.7 Å². The van der Waals surface area contributed by atoms with Gasteiger partial charge in [-0.1, -0.05) is 0 Å². The fourth-order valence-corrected chi connectivity index (χ4v) is 3.61. The molecule has 138 valence electrons. The van der Waals surface area contributed by atoms with E-state index in [4.69, 9.17) is 5.73 Å². The third-order valence-corrected chi connectivity index (χ3v) is 5.11. The summed E-state index contributed by atoms with van der Waals surface area (Å²) >= 11 is 1.63. The van der Waals surface area contributed by atoms with Gasteiger partial charge in [-0.05, 0) is 6.42 Å². The van der Waals surface area contributed by atoms with Gasteiger partial charge in [0.05, 0.1) is 6.54 Å². The van der Waals surface area contributed by atoms with Gasteiger partial charge < -0.3 is 15.5 Å². The second-order valence-electron chi connectivity index (χ2n) is 5.82. The zero-order chi connectivity index (χ0) is 16.9. The zero-order valence-electron chi connectivity index (χ0n) is 14.0. The molecule has 0 spiro atoms. The largest absolute Gasteiger partial charge is 0.370 e. The van der Waals surface area contributed by atoms with Gasteiger partial charge in [-0.15, -0.1) is 35.3 Å². The molecule has 0 saturated carbocycles. The molecule has 0 aromatic carbocycles. The van der Waals surface area contributed by atoms with Crippen molar-refractivity contribution in [1.29, 1.82) is 0 Å². The minimum atomic E-state index is -0.0999. The summed E-state index contributed by atoms with van der Waals surface area (Å²) < 4.78 is 0. The first kappa shape index (κ1) is 19.9. The molecule has 25 heavy (non-hydrogen) atoms. The summed E-state index contributed by atoms with van der Waals surface area (Å²) in [5, 5.41) is 3.01. The number of hydrogen-bond donors (Lipinski definition) is 1. The van der Waals surface area contributed by atoms with Crippen LogP contribution in [0, 0.1) is 0 Å². The van der Waals surface area contributed by atoms with E-state index < -0.39 is 0 Å². The Balaban J connectivity index is 0.00000225. The summed E-state index contributed by atoms with van der Waals surface area (Å²) in [7, 11) is 0. The van der Waals surface area contributed by atoms with Crippen LogP contribution in [-0.2, 0) is 9.59 Å². The number of amides is 2. The van der Waals surface area contributed by atoms with Crippen LogP contribution in [0.2, 0.25) is 0 Å². The number of piperidine rings is 1. The maximum Gasteiger partial charge on any atom is 0.229 e. The van der Waals surface area contributed by atoms with Gasteiger partial charge in [0.25, 0.3) is 0 Å². The molecule has 2 saturated heterocycles. The number of aliphatic imine (C=N–C) groups is 1. The standard InChI is InChI=1S/C15H22N6O2S.HI/c16-14(17-4-6-21-12(22)2-1-3-13(21)23)19-7-9-20(10-8-19)15-18-5-11-24-15;/h5,11H,1-4,6-10H2,(H2,16,17);1H. The first-order valence-corrected chi connectivity index (χ1v) is 9.05. The van der Waals surface area contributed by atoms with Crippen molar-refractivity contribution in [3.63, 3.8) is 0 Å². The quantitative estimate of drug-likeness (QED) is 0.297. The maximum absolute atomic E-state index is 11.7. The van der Waals surface area contributed by atoms with Gasteiger partial charge >= 0.3 is 0 Å². The molecule has 0 bridgehead atoms. The molecule has 10 heteroatoms. The molecule has 2 fully saturated rings. The Labute approximate surface area is 168 Å². The number of carbonyl (C=O) groups is 2. The Bertz CT molecular complexity index is 600. The minimum Gasteiger partial charge on any atom is -0.370 e. The predicted octanol–water partition coefficient (Wildman–Crippen LogP) is 0.737. The summed E-state index contributed by atoms with van der Waals surface area (Å²) in [6.07, 6.45) is 3.36. The third-order valence-electron chi connectivity index (χ3n) is 4.27. The van der Waals surface area contributed by atoms with E-state index in [-0.39, 0.29) is 35.8 Å². The van der Waals surface area contributed by atoms with Gasteiger partial charge in [-0.25, -0.2) is 4.98 Å². The van der Waals surface area contributed by atoms with Gasteiger partial charge in [0.15, 0.2) is 11.1 Å². The molecule has 3 rings (SSSR count). The number of piperazine rings is 1. The lowest BCUT2D eigenvalue weighted by Crippen LogP contribution is -2.51. The molecule has 0 aliphatic carbocycles. The number of hydrogen-bond acceptors (Lipinski definition) is 6. The van der Waals surface area contributed by atoms with Crippen molar-refractivity contribution < 1.29 is 9.59 Å². The van der Waals surface area contributed by atoms with Crippen LogP contribution in [0.15, 0.2) is 16.6 Å². The first-order valence-electron chi connectivity index (χ1n) is 8.17. The molecule has 1 aromatic rings. The fourth-order valence-electron chi connectivity index (χ4n) is 2.91. The van der Waals surface area contributed by atoms with Crippen molar-refractivity contribution in [1.82, 2.24) is 14.8 Å². The van der Waals surface area contributed by atoms with E-state index >= 15 is 0 Å². The summed E-state index contributed by atoms with van der Waals surface area (Å²) in [5.41, 5.74) is 6.05. The van der Waals surface area contributed by atoms with Crippen LogP contribution in [0.3, 0.4) is 0 Å². The summed E-state index contributed by atoms with van der Waals surface area (Å²) in [6.45, 7) is 3.96. The number of imide groups is 1. The van der Waals surface area contributed by atoms with E-state index in [0.29, 0.717) is 38.3 Å². The van der Waals surface area contributed by atoms with Gasteiger partial charge in [-0.2, -0.15) is 0 Å². The normalized spacial score (nSPS) is 19.2. The molecule has 0 unspecified atom stereocenters. The zero-order valence-corrected chi connectivity index (χ0v) is 17.1. The number of rotatable bonds is 4. The van der Waals surface area contributed by atoms with E-state index in [1.807, 2.05) is 16.5 Å². The molecule has 1 aromatic heterocycles. The first-order chi connectivity index (χ1) is 11.6. The predicted molar refractivity (Wildman–Crippen MR) is 108 cm³/mol. The van der Waals surface area contributed by atoms with Gasteiger partial charge in [0.2, 0.25) is 11.8 Å². The van der Waals surface area contributed by atoms with Gasteiger partial charge in [0.1, 0.15) is 0 Å². The lowest BCUT2D eigenvalue weighted by atomic mass is 10.1. The number of anilines is 1. The van der Waals surface area contributed by atoms with Crippen molar-refractivity contribution in [2.45, 2.75) is 19.3 Å². The molecular weight excluding hydrogens is 455 g/mol. The van der Waals surface area contributed by atoms with Crippen molar-refractivity contribution in [3.05, 3.63) is 11.6 Å². The molecule has 2 N–H and O–H groups in total. The smallest absolute Gasteiger partial charge is 0.229 e. The van der Waals surface area contributed by atoms with Gasteiger partial charge in [-0.3, -0.25) is 19.5 Å². The van der Waals surface area contributed by atoms with E-state index in [2.05, 4.69) is 14.9 Å². The summed E-state index contributed by atoms with van der Waals surface area (Å²) in [5.74, 6) is 0.278. The average Bonchev–Trinajstić information content (AvgIpc) is 3.12. The summed E-state index contributed by atoms with van der Waals surface area (Å²) in [4.78, 5) is 37.7. The van der Waals surface area contributed by atoms with Crippen LogP contribution in [0.4, 0.5) is 5.13 Å². The van der Waals surface area contributed by atoms with E-state index in [1.54, 1.807) is 11.3 Å². The monoisotopic (exact) mass is 478 g/mol. The van der Waals surface area contributed by atoms with Crippen LogP contribution in [0.25, 0.3) is 0 Å². The molecule has 2 amide bonds. The third kappa shape index (κ3) is 5.03. The minimum absolute atomic E-state index is 0. The van der Waals surface area contributed by atoms with E-state index in [9.17, 15) is 9.59 Å². The molecule has 0 radical (unpaired) electrons. The molecule has 2 aliphatic heterocycles. The topological polar surface area (TPSA) is 95.1 Å². The SMILES string of the molecule is I.NC(=NCCN1C(=O)CCCC1=O)N1CCN(c2nccs2)CC1. The van der Waals surface area contributed by atoms with Crippen LogP contribution >= 0.6 is 35.3 Å². The Morgan fingerprint density at radius 3 is 2.48 bits per heavy atom. The maximum atomic E-state index is 11.7. The highest BCUT2D eigenvalue weighted by molar-refractivity contribution is 14.0. The Morgan fingerprint density at radius 2 is 1.88 bits per heavy atom. The average molecular weight is 478 g/mol. The number of halogens is 1. The van der Waals surface area contributed by atoms with Crippen molar-refractivity contribution in [3.8, 4) is 0 Å². The molecule has 2 aliphatic rings. The van der Waals surface area contributed by atoms with Crippen molar-refractivity contribution in [2.75, 3.05) is 44.2 Å². The van der Waals surface area contributed by atoms with Crippen LogP contribution in [0.1, 0.15) is 19.3 Å². The summed E-state index contributed by atoms with van der Waals surface area (Å²) in [6, 6.07) is 0. The number of guanidine groups is 1. The molecule has 3 heterocycles. The lowest BCUT2D eigenvalue weighted by Gasteiger charge is -2.35. The van der Waals surface area contributed by atoms with Crippen LogP contribution in [0.5, 0.6) is 0 Å². The number of carbonyl (C=O) groups excluding carboxylic acids is 2. The number of nitrogens with two attached hydrogens (primary N) is 1. The van der Waals surface area contributed by atoms with Crippen molar-refractivity contribution >= 4 is 58.2 Å². The van der Waals surface area contributed by atoms with Crippen LogP contribution in [-0.4, -0.2) is 71.8 Å².